The van der Waals surface area contributed by atoms with Crippen molar-refractivity contribution in [3.05, 3.63) is 64.6 Å². The minimum Gasteiger partial charge on any atom is -0.357 e. The number of aliphatic imine (C=N–C) groups is 1. The van der Waals surface area contributed by atoms with Gasteiger partial charge in [-0.05, 0) is 25.5 Å². The molecule has 2 aromatic heterocycles. The van der Waals surface area contributed by atoms with E-state index in [2.05, 4.69) is 44.6 Å². The summed E-state index contributed by atoms with van der Waals surface area (Å²) in [6.07, 6.45) is 5.54. The number of guanidine groups is 1. The third-order valence-electron chi connectivity index (χ3n) is 3.94. The highest BCUT2D eigenvalue weighted by atomic mass is 127. The van der Waals surface area contributed by atoms with Crippen LogP contribution in [0.25, 0.3) is 5.69 Å². The Balaban J connectivity index is 0.00000261. The van der Waals surface area contributed by atoms with Crippen LogP contribution in [0.3, 0.4) is 0 Å². The van der Waals surface area contributed by atoms with Crippen molar-refractivity contribution < 1.29 is 0 Å². The lowest BCUT2D eigenvalue weighted by Crippen LogP contribution is -2.38. The molecule has 0 aliphatic heterocycles. The molecule has 27 heavy (non-hydrogen) atoms. The van der Waals surface area contributed by atoms with E-state index in [9.17, 15) is 0 Å². The molecule has 3 aromatic rings. The first-order valence-corrected chi connectivity index (χ1v) is 9.52. The molecule has 0 bridgehead atoms. The van der Waals surface area contributed by atoms with Crippen LogP contribution >= 0.6 is 35.3 Å². The van der Waals surface area contributed by atoms with Gasteiger partial charge >= 0.3 is 0 Å². The summed E-state index contributed by atoms with van der Waals surface area (Å²) in [7, 11) is 2.04. The molecule has 1 N–H and O–H groups in total. The lowest BCUT2D eigenvalue weighted by Gasteiger charge is -2.21. The summed E-state index contributed by atoms with van der Waals surface area (Å²) in [5.74, 6) is 0.874. The summed E-state index contributed by atoms with van der Waals surface area (Å²) in [6.45, 7) is 6.26. The van der Waals surface area contributed by atoms with Crippen LogP contribution < -0.4 is 5.32 Å². The standard InChI is InChI=1S/C19H24N6S.HI/c1-4-21-19(24(3)12-17-13-26-15(2)23-17)22-11-16-7-5-6-8-18(16)25-10-9-20-14-25;/h5-10,13-14H,4,11-12H2,1-3H3,(H,21,22);1H. The monoisotopic (exact) mass is 496 g/mol. The number of thiazole rings is 1. The molecule has 0 spiro atoms. The van der Waals surface area contributed by atoms with Crippen molar-refractivity contribution in [3.8, 4) is 5.69 Å². The molecule has 0 radical (unpaired) electrons. The largest absolute Gasteiger partial charge is 0.357 e. The van der Waals surface area contributed by atoms with E-state index in [1.807, 2.05) is 43.2 Å². The number of nitrogens with zero attached hydrogens (tertiary/aromatic N) is 5. The number of aromatic nitrogens is 3. The Labute approximate surface area is 181 Å². The normalized spacial score (nSPS) is 11.1. The van der Waals surface area contributed by atoms with Crippen LogP contribution in [0, 0.1) is 6.92 Å². The molecule has 0 saturated carbocycles. The fourth-order valence-electron chi connectivity index (χ4n) is 2.73. The summed E-state index contributed by atoms with van der Waals surface area (Å²) >= 11 is 1.68. The lowest BCUT2D eigenvalue weighted by atomic mass is 10.2. The zero-order valence-electron chi connectivity index (χ0n) is 15.8. The first kappa shape index (κ1) is 21.4. The smallest absolute Gasteiger partial charge is 0.194 e. The molecule has 3 rings (SSSR count). The first-order valence-electron chi connectivity index (χ1n) is 8.64. The van der Waals surface area contributed by atoms with Gasteiger partial charge in [0.25, 0.3) is 0 Å². The highest BCUT2D eigenvalue weighted by molar-refractivity contribution is 14.0. The molecule has 144 valence electrons. The number of para-hydroxylation sites is 1. The maximum Gasteiger partial charge on any atom is 0.194 e. The number of halogens is 1. The Kier molecular flexibility index (Phi) is 8.23. The fraction of sp³-hybridized carbons (Fsp3) is 0.316. The highest BCUT2D eigenvalue weighted by Gasteiger charge is 2.09. The van der Waals surface area contributed by atoms with E-state index in [0.29, 0.717) is 6.54 Å². The second-order valence-electron chi connectivity index (χ2n) is 5.98. The summed E-state index contributed by atoms with van der Waals surface area (Å²) in [5.41, 5.74) is 3.32. The topological polar surface area (TPSA) is 58.3 Å². The molecule has 6 nitrogen and oxygen atoms in total. The van der Waals surface area contributed by atoms with Crippen LogP contribution in [0.2, 0.25) is 0 Å². The summed E-state index contributed by atoms with van der Waals surface area (Å²) in [4.78, 5) is 15.6. The van der Waals surface area contributed by atoms with Gasteiger partial charge in [0, 0.05) is 31.4 Å². The minimum atomic E-state index is 0. The number of imidazole rings is 1. The highest BCUT2D eigenvalue weighted by Crippen LogP contribution is 2.15. The molecule has 0 atom stereocenters. The summed E-state index contributed by atoms with van der Waals surface area (Å²) in [6, 6.07) is 8.26. The molecular weight excluding hydrogens is 471 g/mol. The van der Waals surface area contributed by atoms with Crippen molar-refractivity contribution in [3.63, 3.8) is 0 Å². The summed E-state index contributed by atoms with van der Waals surface area (Å²) < 4.78 is 2.01. The number of nitrogens with one attached hydrogen (secondary N) is 1. The molecule has 0 amide bonds. The van der Waals surface area contributed by atoms with Crippen LogP contribution in [0.4, 0.5) is 0 Å². The van der Waals surface area contributed by atoms with Crippen molar-refractivity contribution >= 4 is 41.3 Å². The van der Waals surface area contributed by atoms with Gasteiger partial charge in [0.15, 0.2) is 5.96 Å². The van der Waals surface area contributed by atoms with E-state index < -0.39 is 0 Å². The molecule has 1 aromatic carbocycles. The lowest BCUT2D eigenvalue weighted by molar-refractivity contribution is 0.471. The van der Waals surface area contributed by atoms with E-state index in [1.165, 1.54) is 0 Å². The zero-order chi connectivity index (χ0) is 18.4. The predicted octanol–water partition coefficient (Wildman–Crippen LogP) is 3.85. The van der Waals surface area contributed by atoms with Crippen molar-refractivity contribution in [1.29, 1.82) is 0 Å². The van der Waals surface area contributed by atoms with Gasteiger partial charge in [-0.25, -0.2) is 15.0 Å². The molecule has 8 heteroatoms. The Bertz CT molecular complexity index is 859. The van der Waals surface area contributed by atoms with Crippen LogP contribution in [0.15, 0.2) is 53.4 Å². The van der Waals surface area contributed by atoms with E-state index in [1.54, 1.807) is 17.5 Å². The van der Waals surface area contributed by atoms with E-state index in [0.717, 1.165) is 41.0 Å². The average Bonchev–Trinajstić information content (AvgIpc) is 3.31. The second-order valence-corrected chi connectivity index (χ2v) is 7.04. The molecule has 0 saturated heterocycles. The molecule has 2 heterocycles. The van der Waals surface area contributed by atoms with Gasteiger partial charge in [-0.3, -0.25) is 0 Å². The van der Waals surface area contributed by atoms with Crippen molar-refractivity contribution in [2.75, 3.05) is 13.6 Å². The molecule has 0 aliphatic carbocycles. The number of benzene rings is 1. The van der Waals surface area contributed by atoms with Crippen LogP contribution in [0.1, 0.15) is 23.2 Å². The third-order valence-corrected chi connectivity index (χ3v) is 4.76. The summed E-state index contributed by atoms with van der Waals surface area (Å²) in [5, 5.41) is 6.55. The third kappa shape index (κ3) is 5.77. The van der Waals surface area contributed by atoms with Gasteiger partial charge in [-0.15, -0.1) is 35.3 Å². The molecule has 0 aliphatic rings. The van der Waals surface area contributed by atoms with Crippen molar-refractivity contribution in [2.24, 2.45) is 4.99 Å². The quantitative estimate of drug-likeness (QED) is 0.320. The zero-order valence-corrected chi connectivity index (χ0v) is 18.9. The second kappa shape index (κ2) is 10.4. The minimum absolute atomic E-state index is 0. The number of rotatable bonds is 6. The van der Waals surface area contributed by atoms with Gasteiger partial charge in [0.05, 0.1) is 35.8 Å². The average molecular weight is 496 g/mol. The van der Waals surface area contributed by atoms with Crippen LogP contribution in [0.5, 0.6) is 0 Å². The maximum absolute atomic E-state index is 4.83. The van der Waals surface area contributed by atoms with Gasteiger partial charge in [0.1, 0.15) is 0 Å². The van der Waals surface area contributed by atoms with E-state index in [4.69, 9.17) is 4.99 Å². The Morgan fingerprint density at radius 3 is 2.81 bits per heavy atom. The van der Waals surface area contributed by atoms with Crippen molar-refractivity contribution in [1.82, 2.24) is 24.8 Å². The van der Waals surface area contributed by atoms with Gasteiger partial charge in [0.2, 0.25) is 0 Å². The van der Waals surface area contributed by atoms with Gasteiger partial charge < -0.3 is 14.8 Å². The van der Waals surface area contributed by atoms with Gasteiger partial charge in [-0.2, -0.15) is 0 Å². The Hall–Kier alpha value is -1.94. The molecular formula is C19H25IN6S. The fourth-order valence-corrected chi connectivity index (χ4v) is 3.33. The molecule has 0 fully saturated rings. The van der Waals surface area contributed by atoms with Crippen LogP contribution in [-0.4, -0.2) is 39.0 Å². The Morgan fingerprint density at radius 2 is 2.15 bits per heavy atom. The van der Waals surface area contributed by atoms with E-state index in [-0.39, 0.29) is 24.0 Å². The van der Waals surface area contributed by atoms with Gasteiger partial charge in [-0.1, -0.05) is 18.2 Å². The van der Waals surface area contributed by atoms with E-state index >= 15 is 0 Å². The maximum atomic E-state index is 4.83. The number of aryl methyl sites for hydroxylation is 1. The predicted molar refractivity (Wildman–Crippen MR) is 122 cm³/mol. The van der Waals surface area contributed by atoms with Crippen LogP contribution in [-0.2, 0) is 13.1 Å². The number of hydrogen-bond donors (Lipinski definition) is 1. The Morgan fingerprint density at radius 1 is 1.33 bits per heavy atom. The molecule has 0 unspecified atom stereocenters. The SMILES string of the molecule is CCNC(=NCc1ccccc1-n1ccnc1)N(C)Cc1csc(C)n1.I. The number of hydrogen-bond acceptors (Lipinski definition) is 4. The first-order chi connectivity index (χ1) is 12.7. The van der Waals surface area contributed by atoms with Crippen molar-refractivity contribution in [2.45, 2.75) is 26.9 Å².